The highest BCUT2D eigenvalue weighted by atomic mass is 16.1. The second-order valence-electron chi connectivity index (χ2n) is 1.94. The van der Waals surface area contributed by atoms with Crippen molar-refractivity contribution in [1.82, 2.24) is 0 Å². The second kappa shape index (κ2) is 2.09. The lowest BCUT2D eigenvalue weighted by Crippen LogP contribution is -2.17. The first-order chi connectivity index (χ1) is 3.84. The first-order valence-electron chi connectivity index (χ1n) is 2.74. The van der Waals surface area contributed by atoms with E-state index in [0.29, 0.717) is 13.0 Å². The molecule has 44 valence electrons. The summed E-state index contributed by atoms with van der Waals surface area (Å²) in [5, 5.41) is 0. The first kappa shape index (κ1) is 5.51. The van der Waals surface area contributed by atoms with E-state index in [0.717, 1.165) is 0 Å². The van der Waals surface area contributed by atoms with Crippen LogP contribution in [0.2, 0.25) is 0 Å². The monoisotopic (exact) mass is 111 g/mol. The van der Waals surface area contributed by atoms with Crippen LogP contribution < -0.4 is 5.73 Å². The zero-order chi connectivity index (χ0) is 5.98. The molecule has 0 saturated heterocycles. The molecule has 1 aliphatic carbocycles. The lowest BCUT2D eigenvalue weighted by atomic mass is 10.1. The molecular weight excluding hydrogens is 102 g/mol. The van der Waals surface area contributed by atoms with Gasteiger partial charge in [0.1, 0.15) is 5.78 Å². The molecule has 0 saturated carbocycles. The molecule has 0 radical (unpaired) electrons. The molecule has 1 rings (SSSR count). The summed E-state index contributed by atoms with van der Waals surface area (Å²) in [6.45, 7) is 0.468. The van der Waals surface area contributed by atoms with Crippen molar-refractivity contribution in [3.8, 4) is 0 Å². The molecule has 0 aromatic carbocycles. The Hall–Kier alpha value is -0.630. The van der Waals surface area contributed by atoms with Crippen molar-refractivity contribution in [2.24, 2.45) is 11.7 Å². The summed E-state index contributed by atoms with van der Waals surface area (Å²) >= 11 is 0. The molecule has 0 heterocycles. The van der Waals surface area contributed by atoms with Crippen LogP contribution in [-0.2, 0) is 4.79 Å². The van der Waals surface area contributed by atoms with Crippen LogP contribution in [0.15, 0.2) is 12.2 Å². The van der Waals surface area contributed by atoms with Crippen LogP contribution >= 0.6 is 0 Å². The van der Waals surface area contributed by atoms with E-state index >= 15 is 0 Å². The van der Waals surface area contributed by atoms with Gasteiger partial charge in [-0.2, -0.15) is 0 Å². The fourth-order valence-corrected chi connectivity index (χ4v) is 0.817. The van der Waals surface area contributed by atoms with E-state index in [-0.39, 0.29) is 11.7 Å². The molecule has 8 heavy (non-hydrogen) atoms. The van der Waals surface area contributed by atoms with Crippen LogP contribution in [0.3, 0.4) is 0 Å². The second-order valence-corrected chi connectivity index (χ2v) is 1.94. The van der Waals surface area contributed by atoms with Gasteiger partial charge in [-0.25, -0.2) is 0 Å². The molecule has 0 aromatic rings. The Morgan fingerprint density at radius 2 is 2.62 bits per heavy atom. The van der Waals surface area contributed by atoms with Crippen molar-refractivity contribution in [1.29, 1.82) is 0 Å². The number of ketones is 1. The highest BCUT2D eigenvalue weighted by Crippen LogP contribution is 2.10. The Morgan fingerprint density at radius 1 is 1.88 bits per heavy atom. The van der Waals surface area contributed by atoms with Gasteiger partial charge < -0.3 is 5.73 Å². The minimum atomic E-state index is 0.0231. The van der Waals surface area contributed by atoms with Crippen molar-refractivity contribution in [2.45, 2.75) is 6.42 Å². The molecule has 1 aliphatic rings. The molecule has 0 bridgehead atoms. The van der Waals surface area contributed by atoms with E-state index in [2.05, 4.69) is 0 Å². The molecule has 2 nitrogen and oxygen atoms in total. The molecule has 1 unspecified atom stereocenters. The average Bonchev–Trinajstić information content (AvgIpc) is 2.14. The van der Waals surface area contributed by atoms with E-state index in [1.807, 2.05) is 12.2 Å². The van der Waals surface area contributed by atoms with Crippen LogP contribution in [0.25, 0.3) is 0 Å². The summed E-state index contributed by atoms with van der Waals surface area (Å²) in [4.78, 5) is 10.7. The third-order valence-corrected chi connectivity index (χ3v) is 1.35. The minimum absolute atomic E-state index is 0.0231. The van der Waals surface area contributed by atoms with Gasteiger partial charge in [-0.15, -0.1) is 0 Å². The topological polar surface area (TPSA) is 43.1 Å². The zero-order valence-corrected chi connectivity index (χ0v) is 4.63. The van der Waals surface area contributed by atoms with Gasteiger partial charge in [-0.1, -0.05) is 12.2 Å². The van der Waals surface area contributed by atoms with Gasteiger partial charge in [0.2, 0.25) is 0 Å². The third-order valence-electron chi connectivity index (χ3n) is 1.35. The molecule has 0 aliphatic heterocycles. The quantitative estimate of drug-likeness (QED) is 0.487. The Balaban J connectivity index is 2.53. The smallest absolute Gasteiger partial charge is 0.144 e. The van der Waals surface area contributed by atoms with Crippen molar-refractivity contribution < 1.29 is 4.79 Å². The van der Waals surface area contributed by atoms with Gasteiger partial charge in [0.15, 0.2) is 0 Å². The number of hydrogen-bond acceptors (Lipinski definition) is 2. The van der Waals surface area contributed by atoms with E-state index in [1.165, 1.54) is 0 Å². The van der Waals surface area contributed by atoms with Crippen molar-refractivity contribution in [3.05, 3.63) is 12.2 Å². The fourth-order valence-electron chi connectivity index (χ4n) is 0.817. The van der Waals surface area contributed by atoms with Gasteiger partial charge in [-0.05, 0) is 0 Å². The number of hydrogen-bond donors (Lipinski definition) is 1. The lowest BCUT2D eigenvalue weighted by Gasteiger charge is -1.97. The van der Waals surface area contributed by atoms with Crippen LogP contribution in [0.5, 0.6) is 0 Å². The van der Waals surface area contributed by atoms with Crippen LogP contribution in [-0.4, -0.2) is 12.3 Å². The van der Waals surface area contributed by atoms with Crippen LogP contribution in [0.4, 0.5) is 0 Å². The molecule has 2 heteroatoms. The summed E-state index contributed by atoms with van der Waals surface area (Å²) in [5.41, 5.74) is 5.25. The summed E-state index contributed by atoms with van der Waals surface area (Å²) < 4.78 is 0. The number of nitrogens with two attached hydrogens (primary N) is 1. The first-order valence-corrected chi connectivity index (χ1v) is 2.74. The van der Waals surface area contributed by atoms with E-state index in [1.54, 1.807) is 0 Å². The Morgan fingerprint density at radius 3 is 2.88 bits per heavy atom. The van der Waals surface area contributed by atoms with E-state index < -0.39 is 0 Å². The molecule has 0 aromatic heterocycles. The normalized spacial score (nSPS) is 27.1. The van der Waals surface area contributed by atoms with Gasteiger partial charge in [-0.3, -0.25) is 4.79 Å². The maximum absolute atomic E-state index is 10.7. The summed E-state index contributed by atoms with van der Waals surface area (Å²) in [5.74, 6) is 0.280. The predicted molar refractivity (Wildman–Crippen MR) is 31.3 cm³/mol. The molecule has 0 amide bonds. The van der Waals surface area contributed by atoms with Gasteiger partial charge in [0, 0.05) is 18.9 Å². The predicted octanol–water partition coefficient (Wildman–Crippen LogP) is 0.0903. The van der Waals surface area contributed by atoms with Crippen LogP contribution in [0, 0.1) is 5.92 Å². The van der Waals surface area contributed by atoms with E-state index in [9.17, 15) is 4.79 Å². The maximum atomic E-state index is 10.7. The summed E-state index contributed by atoms with van der Waals surface area (Å²) in [6.07, 6.45) is 4.34. The molecule has 2 N–H and O–H groups in total. The Labute approximate surface area is 48.4 Å². The third kappa shape index (κ3) is 0.793. The van der Waals surface area contributed by atoms with Gasteiger partial charge in [0.05, 0.1) is 0 Å². The largest absolute Gasteiger partial charge is 0.329 e. The molecule has 1 atom stereocenters. The van der Waals surface area contributed by atoms with Gasteiger partial charge in [0.25, 0.3) is 0 Å². The Kier molecular flexibility index (Phi) is 1.44. The fraction of sp³-hybridized carbons (Fsp3) is 0.500. The molecular formula is C6H9NO. The number of allylic oxidation sites excluding steroid dienone is 1. The highest BCUT2D eigenvalue weighted by Gasteiger charge is 2.15. The number of carbonyl (C=O) groups excluding carboxylic acids is 1. The average molecular weight is 111 g/mol. The van der Waals surface area contributed by atoms with Crippen molar-refractivity contribution in [3.63, 3.8) is 0 Å². The Bertz CT molecular complexity index is 128. The van der Waals surface area contributed by atoms with Crippen molar-refractivity contribution in [2.75, 3.05) is 6.54 Å². The number of carbonyl (C=O) groups is 1. The molecule has 0 fully saturated rings. The molecule has 0 spiro atoms. The standard InChI is InChI=1S/C6H9NO/c7-4-5-2-1-3-6(5)8/h1-2,5H,3-4,7H2. The minimum Gasteiger partial charge on any atom is -0.329 e. The number of rotatable bonds is 1. The lowest BCUT2D eigenvalue weighted by molar-refractivity contribution is -0.119. The van der Waals surface area contributed by atoms with E-state index in [4.69, 9.17) is 5.73 Å². The highest BCUT2D eigenvalue weighted by molar-refractivity contribution is 5.86. The zero-order valence-electron chi connectivity index (χ0n) is 4.63. The van der Waals surface area contributed by atoms with Gasteiger partial charge >= 0.3 is 0 Å². The number of Topliss-reactive ketones (excluding diaryl/α,β-unsaturated/α-hetero) is 1. The summed E-state index contributed by atoms with van der Waals surface area (Å²) in [6, 6.07) is 0. The maximum Gasteiger partial charge on any atom is 0.144 e. The van der Waals surface area contributed by atoms with Crippen molar-refractivity contribution >= 4 is 5.78 Å². The van der Waals surface area contributed by atoms with Crippen LogP contribution in [0.1, 0.15) is 6.42 Å². The SMILES string of the molecule is NCC1C=CCC1=O. The summed E-state index contributed by atoms with van der Waals surface area (Å²) in [7, 11) is 0.